The normalized spacial score (nSPS) is 20.2. The van der Waals surface area contributed by atoms with Crippen LogP contribution in [0.4, 0.5) is 5.69 Å². The van der Waals surface area contributed by atoms with Gasteiger partial charge in [-0.05, 0) is 49.1 Å². The molecule has 0 bridgehead atoms. The van der Waals surface area contributed by atoms with Crippen LogP contribution < -0.4 is 10.6 Å². The lowest BCUT2D eigenvalue weighted by atomic mass is 9.80. The number of anilines is 1. The summed E-state index contributed by atoms with van der Waals surface area (Å²) in [7, 11) is 2.09. The van der Waals surface area contributed by atoms with Gasteiger partial charge in [0.05, 0.1) is 6.04 Å². The maximum Gasteiger partial charge on any atom is 0.245 e. The fraction of sp³-hybridized carbons (Fsp3) is 0.531. The van der Waals surface area contributed by atoms with Gasteiger partial charge >= 0.3 is 0 Å². The number of hydrogen-bond donors (Lipinski definition) is 2. The molecule has 1 saturated carbocycles. The van der Waals surface area contributed by atoms with Crippen LogP contribution in [0.2, 0.25) is 0 Å². The Balaban J connectivity index is 1.40. The number of nitrogens with zero attached hydrogens (tertiary/aromatic N) is 2. The monoisotopic (exact) mass is 532 g/mol. The highest BCUT2D eigenvalue weighted by Crippen LogP contribution is 2.30. The van der Waals surface area contributed by atoms with Crippen molar-refractivity contribution in [1.82, 2.24) is 15.1 Å². The Bertz CT molecular complexity index is 1100. The lowest BCUT2D eigenvalue weighted by Gasteiger charge is -2.41. The average Bonchev–Trinajstić information content (AvgIpc) is 2.98. The summed E-state index contributed by atoms with van der Waals surface area (Å²) in [5, 5.41) is 6.03. The van der Waals surface area contributed by atoms with Crippen molar-refractivity contribution in [1.29, 1.82) is 0 Å². The average molecular weight is 533 g/mol. The highest BCUT2D eigenvalue weighted by atomic mass is 16.2. The van der Waals surface area contributed by atoms with Crippen LogP contribution in [0.15, 0.2) is 54.6 Å². The largest absolute Gasteiger partial charge is 0.344 e. The first-order valence-corrected chi connectivity index (χ1v) is 14.6. The van der Waals surface area contributed by atoms with Crippen molar-refractivity contribution in [3.8, 4) is 0 Å². The van der Waals surface area contributed by atoms with Gasteiger partial charge in [0, 0.05) is 44.1 Å². The zero-order chi connectivity index (χ0) is 27.8. The van der Waals surface area contributed by atoms with E-state index in [9.17, 15) is 14.4 Å². The topological polar surface area (TPSA) is 81.8 Å². The summed E-state index contributed by atoms with van der Waals surface area (Å²) in [4.78, 5) is 43.1. The van der Waals surface area contributed by atoms with Crippen molar-refractivity contribution < 1.29 is 14.4 Å². The number of rotatable bonds is 9. The molecule has 3 amide bonds. The molecule has 2 aromatic carbocycles. The summed E-state index contributed by atoms with van der Waals surface area (Å²) in [5.74, 6) is 0.343. The SMILES string of the molecule is CCC(=O)NC(Cc1ccc(NC(=O)[C@@H](C)C2CCCCC2)cc1)C(=O)N1CCN(C)C(c2ccccc2)C1. The van der Waals surface area contributed by atoms with E-state index in [1.807, 2.05) is 54.3 Å². The third-order valence-electron chi connectivity index (χ3n) is 8.53. The van der Waals surface area contributed by atoms with Gasteiger partial charge in [-0.2, -0.15) is 0 Å². The van der Waals surface area contributed by atoms with E-state index in [1.165, 1.54) is 24.8 Å². The van der Waals surface area contributed by atoms with E-state index in [-0.39, 0.29) is 29.7 Å². The summed E-state index contributed by atoms with van der Waals surface area (Å²) in [6, 6.07) is 17.4. The summed E-state index contributed by atoms with van der Waals surface area (Å²) in [6.07, 6.45) is 6.69. The molecular formula is C32H44N4O3. The fourth-order valence-corrected chi connectivity index (χ4v) is 5.89. The Morgan fingerprint density at radius 3 is 2.31 bits per heavy atom. The molecule has 2 N–H and O–H groups in total. The van der Waals surface area contributed by atoms with Gasteiger partial charge in [-0.25, -0.2) is 0 Å². The van der Waals surface area contributed by atoms with Crippen molar-refractivity contribution >= 4 is 23.4 Å². The van der Waals surface area contributed by atoms with Gasteiger partial charge in [-0.15, -0.1) is 0 Å². The highest BCUT2D eigenvalue weighted by molar-refractivity contribution is 5.92. The van der Waals surface area contributed by atoms with E-state index in [2.05, 4.69) is 34.7 Å². The first-order valence-electron chi connectivity index (χ1n) is 14.6. The van der Waals surface area contributed by atoms with Gasteiger partial charge in [-0.3, -0.25) is 19.3 Å². The lowest BCUT2D eigenvalue weighted by molar-refractivity contribution is -0.138. The molecule has 1 aliphatic carbocycles. The van der Waals surface area contributed by atoms with Crippen LogP contribution in [0.3, 0.4) is 0 Å². The number of nitrogens with one attached hydrogen (secondary N) is 2. The first kappa shape index (κ1) is 28.8. The molecule has 0 spiro atoms. The number of carbonyl (C=O) groups is 3. The molecule has 2 aliphatic rings. The van der Waals surface area contributed by atoms with E-state index >= 15 is 0 Å². The van der Waals surface area contributed by atoms with Gasteiger partial charge in [-0.1, -0.05) is 75.6 Å². The second-order valence-corrected chi connectivity index (χ2v) is 11.2. The molecule has 2 aromatic rings. The molecule has 1 heterocycles. The minimum Gasteiger partial charge on any atom is -0.344 e. The molecule has 1 aliphatic heterocycles. The van der Waals surface area contributed by atoms with Crippen molar-refractivity contribution in [2.45, 2.75) is 70.9 Å². The number of amides is 3. The van der Waals surface area contributed by atoms with Crippen LogP contribution in [-0.2, 0) is 20.8 Å². The predicted octanol–water partition coefficient (Wildman–Crippen LogP) is 4.79. The minimum atomic E-state index is -0.635. The standard InChI is InChI=1S/C32H44N4O3/c1-4-30(37)34-28(32(39)36-20-19-35(3)29(22-36)26-13-9-6-10-14-26)21-24-15-17-27(18-16-24)33-31(38)23(2)25-11-7-5-8-12-25/h6,9-10,13-18,23,25,28-29H,4-5,7-8,11-12,19-22H2,1-3H3,(H,33,38)(H,34,37)/t23-,28?,29?/m0/s1. The summed E-state index contributed by atoms with van der Waals surface area (Å²) >= 11 is 0. The van der Waals surface area contributed by atoms with E-state index in [0.717, 1.165) is 30.6 Å². The van der Waals surface area contributed by atoms with Gasteiger partial charge in [0.25, 0.3) is 0 Å². The zero-order valence-corrected chi connectivity index (χ0v) is 23.7. The molecule has 39 heavy (non-hydrogen) atoms. The number of likely N-dealkylation sites (N-methyl/N-ethyl adjacent to an activating group) is 1. The van der Waals surface area contributed by atoms with Crippen molar-refractivity contribution in [2.24, 2.45) is 11.8 Å². The van der Waals surface area contributed by atoms with Crippen LogP contribution in [-0.4, -0.2) is 60.2 Å². The van der Waals surface area contributed by atoms with E-state index in [0.29, 0.717) is 31.8 Å². The lowest BCUT2D eigenvalue weighted by Crippen LogP contribution is -2.55. The van der Waals surface area contributed by atoms with Gasteiger partial charge in [0.15, 0.2) is 0 Å². The van der Waals surface area contributed by atoms with Crippen molar-refractivity contribution in [2.75, 3.05) is 32.0 Å². The maximum atomic E-state index is 13.7. The summed E-state index contributed by atoms with van der Waals surface area (Å²) in [6.45, 7) is 5.81. The fourth-order valence-electron chi connectivity index (χ4n) is 5.89. The van der Waals surface area contributed by atoms with Crippen LogP contribution >= 0.6 is 0 Å². The number of hydrogen-bond acceptors (Lipinski definition) is 4. The quantitative estimate of drug-likeness (QED) is 0.486. The van der Waals surface area contributed by atoms with Crippen molar-refractivity contribution in [3.63, 3.8) is 0 Å². The second-order valence-electron chi connectivity index (χ2n) is 11.2. The first-order chi connectivity index (χ1) is 18.9. The Morgan fingerprint density at radius 1 is 0.949 bits per heavy atom. The van der Waals surface area contributed by atoms with Crippen LogP contribution in [0.25, 0.3) is 0 Å². The number of carbonyl (C=O) groups excluding carboxylic acids is 3. The molecule has 0 radical (unpaired) electrons. The number of benzene rings is 2. The predicted molar refractivity (Wildman–Crippen MR) is 155 cm³/mol. The van der Waals surface area contributed by atoms with Gasteiger partial charge in [0.2, 0.25) is 17.7 Å². The molecule has 7 heteroatoms. The third-order valence-corrected chi connectivity index (χ3v) is 8.53. The summed E-state index contributed by atoms with van der Waals surface area (Å²) < 4.78 is 0. The molecular weight excluding hydrogens is 488 g/mol. The van der Waals surface area contributed by atoms with E-state index in [4.69, 9.17) is 0 Å². The molecule has 2 fully saturated rings. The Morgan fingerprint density at radius 2 is 1.64 bits per heavy atom. The van der Waals surface area contributed by atoms with E-state index in [1.54, 1.807) is 6.92 Å². The summed E-state index contributed by atoms with van der Waals surface area (Å²) in [5.41, 5.74) is 2.88. The van der Waals surface area contributed by atoms with Crippen molar-refractivity contribution in [3.05, 3.63) is 65.7 Å². The van der Waals surface area contributed by atoms with Crippen LogP contribution in [0, 0.1) is 11.8 Å². The molecule has 210 valence electrons. The zero-order valence-electron chi connectivity index (χ0n) is 23.7. The molecule has 1 saturated heterocycles. The maximum absolute atomic E-state index is 13.7. The van der Waals surface area contributed by atoms with Crippen LogP contribution in [0.1, 0.15) is 69.5 Å². The molecule has 4 rings (SSSR count). The molecule has 0 aromatic heterocycles. The minimum absolute atomic E-state index is 0.000431. The second kappa shape index (κ2) is 13.7. The van der Waals surface area contributed by atoms with Crippen LogP contribution in [0.5, 0.6) is 0 Å². The van der Waals surface area contributed by atoms with Gasteiger partial charge in [0.1, 0.15) is 6.04 Å². The highest BCUT2D eigenvalue weighted by Gasteiger charge is 2.33. The van der Waals surface area contributed by atoms with E-state index < -0.39 is 6.04 Å². The third kappa shape index (κ3) is 7.69. The Labute approximate surface area is 233 Å². The Hall–Kier alpha value is -3.19. The molecule has 7 nitrogen and oxygen atoms in total. The smallest absolute Gasteiger partial charge is 0.245 e. The Kier molecular flexibility index (Phi) is 10.2. The molecule has 3 atom stereocenters. The number of piperazine rings is 1. The van der Waals surface area contributed by atoms with Gasteiger partial charge < -0.3 is 15.5 Å². The molecule has 2 unspecified atom stereocenters.